The maximum absolute atomic E-state index is 7.61. The lowest BCUT2D eigenvalue weighted by molar-refractivity contribution is 1.13. The number of nitrogens with zero attached hydrogens (tertiary/aromatic N) is 1. The van der Waals surface area contributed by atoms with Crippen molar-refractivity contribution in [2.75, 3.05) is 18.9 Å². The van der Waals surface area contributed by atoms with Crippen LogP contribution in [-0.4, -0.2) is 14.0 Å². The number of para-hydroxylation sites is 1. The maximum atomic E-state index is 7.61. The summed E-state index contributed by atoms with van der Waals surface area (Å²) in [5.74, 6) is 0. The van der Waals surface area contributed by atoms with Gasteiger partial charge in [-0.3, -0.25) is 0 Å². The lowest BCUT2D eigenvalue weighted by Crippen LogP contribution is -2.07. The number of rotatable bonds is 1. The SMILES string of the molecule is [2H]c1c([2H])c([2H])c(N(C([2H])([2H])[2H])C([2H])([2H])[2H])c([2H])c1[2H]. The normalized spacial score (nSPS) is 29.6. The van der Waals surface area contributed by atoms with Crippen LogP contribution in [0.4, 0.5) is 5.69 Å². The fourth-order valence-corrected chi connectivity index (χ4v) is 0.355. The van der Waals surface area contributed by atoms with E-state index in [1.165, 1.54) is 0 Å². The average molecular weight is 132 g/mol. The molecule has 0 atom stereocenters. The van der Waals surface area contributed by atoms with Crippen molar-refractivity contribution in [3.63, 3.8) is 0 Å². The molecule has 1 aromatic carbocycles. The van der Waals surface area contributed by atoms with E-state index in [1.54, 1.807) is 0 Å². The first-order chi connectivity index (χ1) is 8.80. The zero-order chi connectivity index (χ0) is 16.0. The van der Waals surface area contributed by atoms with Crippen LogP contribution in [0.15, 0.2) is 30.2 Å². The Morgan fingerprint density at radius 3 is 2.56 bits per heavy atom. The van der Waals surface area contributed by atoms with Gasteiger partial charge in [0.05, 0.1) is 6.85 Å². The van der Waals surface area contributed by atoms with Gasteiger partial charge in [0.1, 0.15) is 0 Å². The van der Waals surface area contributed by atoms with Crippen LogP contribution in [0.2, 0.25) is 0 Å². The summed E-state index contributed by atoms with van der Waals surface area (Å²) in [6.45, 7) is -6.36. The van der Waals surface area contributed by atoms with Gasteiger partial charge in [-0.15, -0.1) is 0 Å². The molecule has 0 radical (unpaired) electrons. The Bertz CT molecular complexity index is 486. The molecule has 0 amide bonds. The van der Waals surface area contributed by atoms with Gasteiger partial charge in [0.25, 0.3) is 0 Å². The van der Waals surface area contributed by atoms with Crippen molar-refractivity contribution in [3.05, 3.63) is 30.2 Å². The largest absolute Gasteiger partial charge is 0.378 e. The number of anilines is 1. The minimum atomic E-state index is -3.18. The Morgan fingerprint density at radius 1 is 1.33 bits per heavy atom. The van der Waals surface area contributed by atoms with Gasteiger partial charge in [0.2, 0.25) is 0 Å². The Kier molecular flexibility index (Phi) is 0.308. The summed E-state index contributed by atoms with van der Waals surface area (Å²) in [5, 5.41) is 0. The quantitative estimate of drug-likeness (QED) is 0.562. The van der Waals surface area contributed by atoms with Gasteiger partial charge in [-0.05, 0) is 12.1 Å². The maximum Gasteiger partial charge on any atom is 0.0645 e. The molecule has 0 unspecified atom stereocenters. The van der Waals surface area contributed by atoms with E-state index in [4.69, 9.17) is 15.1 Å². The van der Waals surface area contributed by atoms with E-state index in [-0.39, 0.29) is 4.90 Å². The third-order valence-electron chi connectivity index (χ3n) is 0.710. The van der Waals surface area contributed by atoms with E-state index < -0.39 is 49.9 Å². The molecule has 48 valence electrons. The molecule has 0 saturated carbocycles. The second-order valence-corrected chi connectivity index (χ2v) is 1.31. The average Bonchev–Trinajstić information content (AvgIpc) is 2.26. The van der Waals surface area contributed by atoms with Crippen molar-refractivity contribution in [1.29, 1.82) is 0 Å². The van der Waals surface area contributed by atoms with Gasteiger partial charge in [-0.2, -0.15) is 0 Å². The van der Waals surface area contributed by atoms with Crippen molar-refractivity contribution >= 4 is 5.69 Å². The van der Waals surface area contributed by atoms with Gasteiger partial charge in [-0.25, -0.2) is 0 Å². The van der Waals surface area contributed by atoms with Crippen LogP contribution in [0.1, 0.15) is 15.1 Å². The molecule has 0 saturated heterocycles. The molecule has 0 aliphatic heterocycles. The second-order valence-electron chi connectivity index (χ2n) is 1.31. The first kappa shape index (κ1) is 1.09. The summed E-state index contributed by atoms with van der Waals surface area (Å²) in [6.07, 6.45) is 0. The topological polar surface area (TPSA) is 3.24 Å². The van der Waals surface area contributed by atoms with Crippen molar-refractivity contribution in [2.45, 2.75) is 0 Å². The highest BCUT2D eigenvalue weighted by Crippen LogP contribution is 2.07. The first-order valence-electron chi connectivity index (χ1n) is 7.67. The fraction of sp³-hybridized carbons (Fsp3) is 0.250. The minimum Gasteiger partial charge on any atom is -0.378 e. The fourth-order valence-electron chi connectivity index (χ4n) is 0.355. The van der Waals surface area contributed by atoms with E-state index in [0.29, 0.717) is 0 Å². The molecular weight excluding hydrogens is 110 g/mol. The van der Waals surface area contributed by atoms with E-state index >= 15 is 0 Å². The molecule has 1 rings (SSSR count). The van der Waals surface area contributed by atoms with Gasteiger partial charge in [0, 0.05) is 27.9 Å². The standard InChI is InChI=1S/C8H11N/c1-9(2)8-6-4-3-5-7-8/h3-7H,1-2H3/i1D3,2D3,3D,4D,5D,6D,7D. The number of hydrogen-bond donors (Lipinski definition) is 0. The molecule has 0 heterocycles. The van der Waals surface area contributed by atoms with Gasteiger partial charge >= 0.3 is 0 Å². The van der Waals surface area contributed by atoms with Gasteiger partial charge < -0.3 is 4.90 Å². The summed E-state index contributed by atoms with van der Waals surface area (Å²) in [7, 11) is 0. The zero-order valence-corrected chi connectivity index (χ0v) is 4.45. The van der Waals surface area contributed by atoms with Crippen molar-refractivity contribution < 1.29 is 15.1 Å². The van der Waals surface area contributed by atoms with Crippen LogP contribution in [0, 0.1) is 0 Å². The molecule has 0 aliphatic rings. The molecule has 1 aromatic rings. The number of benzene rings is 1. The molecule has 1 nitrogen and oxygen atoms in total. The van der Waals surface area contributed by atoms with E-state index in [2.05, 4.69) is 0 Å². The molecule has 0 spiro atoms. The molecule has 0 N–H and O–H groups in total. The Morgan fingerprint density at radius 2 is 2.00 bits per heavy atom. The lowest BCUT2D eigenvalue weighted by Gasteiger charge is -2.10. The lowest BCUT2D eigenvalue weighted by atomic mass is 10.3. The Labute approximate surface area is 71.4 Å². The van der Waals surface area contributed by atoms with Crippen LogP contribution in [-0.2, 0) is 0 Å². The van der Waals surface area contributed by atoms with Crippen LogP contribution in [0.25, 0.3) is 0 Å². The van der Waals surface area contributed by atoms with Crippen LogP contribution < -0.4 is 4.90 Å². The van der Waals surface area contributed by atoms with Gasteiger partial charge in [-0.1, -0.05) is 18.1 Å². The zero-order valence-electron chi connectivity index (χ0n) is 15.4. The highest BCUT2D eigenvalue weighted by Gasteiger charge is 1.87. The molecule has 1 heteroatoms. The van der Waals surface area contributed by atoms with Gasteiger partial charge in [0.15, 0.2) is 0 Å². The van der Waals surface area contributed by atoms with Crippen LogP contribution >= 0.6 is 0 Å². The van der Waals surface area contributed by atoms with Crippen molar-refractivity contribution in [3.8, 4) is 0 Å². The summed E-state index contributed by atoms with van der Waals surface area (Å²) in [4.78, 5) is -0.111. The highest BCUT2D eigenvalue weighted by molar-refractivity contribution is 5.43. The number of hydrogen-bond acceptors (Lipinski definition) is 1. The van der Waals surface area contributed by atoms with Crippen LogP contribution in [0.3, 0.4) is 0 Å². The highest BCUT2D eigenvalue weighted by atomic mass is 15.1. The molecule has 0 aliphatic carbocycles. The molecule has 0 fully saturated rings. The third-order valence-corrected chi connectivity index (χ3v) is 0.710. The summed E-state index contributed by atoms with van der Waals surface area (Å²) in [6, 6.07) is -4.05. The van der Waals surface area contributed by atoms with E-state index in [0.717, 1.165) is 0 Å². The van der Waals surface area contributed by atoms with E-state index in [9.17, 15) is 0 Å². The summed E-state index contributed by atoms with van der Waals surface area (Å²) >= 11 is 0. The summed E-state index contributed by atoms with van der Waals surface area (Å²) < 4.78 is 80.9. The second kappa shape index (κ2) is 2.53. The predicted octanol–water partition coefficient (Wildman–Crippen LogP) is 1.75. The Hall–Kier alpha value is -0.980. The predicted molar refractivity (Wildman–Crippen MR) is 40.8 cm³/mol. The monoisotopic (exact) mass is 132 g/mol. The molecule has 9 heavy (non-hydrogen) atoms. The molecule has 0 bridgehead atoms. The van der Waals surface area contributed by atoms with E-state index in [1.807, 2.05) is 0 Å². The summed E-state index contributed by atoms with van der Waals surface area (Å²) in [5.41, 5.74) is -0.865. The van der Waals surface area contributed by atoms with Crippen molar-refractivity contribution in [2.24, 2.45) is 0 Å². The third kappa shape index (κ3) is 1.46. The Balaban J connectivity index is 3.76. The minimum absolute atomic E-state index is 0.111. The molecular formula is C8H11N. The van der Waals surface area contributed by atoms with Crippen LogP contribution in [0.5, 0.6) is 0 Å². The molecule has 0 aromatic heterocycles. The first-order valence-corrected chi connectivity index (χ1v) is 2.17. The smallest absolute Gasteiger partial charge is 0.0645 e. The van der Waals surface area contributed by atoms with Crippen molar-refractivity contribution in [1.82, 2.24) is 0 Å².